The van der Waals surface area contributed by atoms with Crippen molar-refractivity contribution in [1.29, 1.82) is 0 Å². The Labute approximate surface area is 102 Å². The van der Waals surface area contributed by atoms with Crippen molar-refractivity contribution in [1.82, 2.24) is 19.7 Å². The molecule has 4 nitrogen and oxygen atoms in total. The molecule has 0 aliphatic carbocycles. The summed E-state index contributed by atoms with van der Waals surface area (Å²) in [5.74, 6) is 0.704. The minimum atomic E-state index is 0.355. The number of hydrogen-bond acceptors (Lipinski definition) is 3. The van der Waals surface area contributed by atoms with Gasteiger partial charge in [-0.05, 0) is 40.2 Å². The minimum absolute atomic E-state index is 0.355. The average molecular weight is 230 g/mol. The van der Waals surface area contributed by atoms with Crippen LogP contribution in [0.15, 0.2) is 12.4 Å². The van der Waals surface area contributed by atoms with Crippen LogP contribution in [0.3, 0.4) is 0 Å². The maximum atomic E-state index is 4.60. The van der Waals surface area contributed by atoms with Crippen LogP contribution in [0.5, 0.6) is 0 Å². The molecule has 2 rings (SSSR count). The van der Waals surface area contributed by atoms with Crippen LogP contribution in [0, 0.1) is 20.8 Å². The van der Waals surface area contributed by atoms with Crippen LogP contribution in [-0.2, 0) is 0 Å². The molecule has 2 aromatic heterocycles. The molecule has 4 heteroatoms. The van der Waals surface area contributed by atoms with Crippen molar-refractivity contribution in [2.45, 2.75) is 40.7 Å². The van der Waals surface area contributed by atoms with Gasteiger partial charge in [0.05, 0.1) is 0 Å². The van der Waals surface area contributed by atoms with Crippen molar-refractivity contribution < 1.29 is 0 Å². The topological polar surface area (TPSA) is 43.6 Å². The van der Waals surface area contributed by atoms with Crippen LogP contribution < -0.4 is 0 Å². The summed E-state index contributed by atoms with van der Waals surface area (Å²) in [6.45, 7) is 10.4. The van der Waals surface area contributed by atoms with E-state index in [1.165, 1.54) is 5.69 Å². The van der Waals surface area contributed by atoms with Crippen LogP contribution in [0.25, 0.3) is 11.5 Å². The molecule has 2 heterocycles. The first kappa shape index (κ1) is 11.8. The molecule has 0 aliphatic heterocycles. The molecule has 90 valence electrons. The second-order valence-corrected chi connectivity index (χ2v) is 4.68. The largest absolute Gasteiger partial charge is 0.266 e. The molecule has 2 aromatic rings. The summed E-state index contributed by atoms with van der Waals surface area (Å²) in [5, 5.41) is 4.60. The van der Waals surface area contributed by atoms with Crippen LogP contribution in [0.2, 0.25) is 0 Å². The molecule has 0 fully saturated rings. The third kappa shape index (κ3) is 2.07. The molecule has 0 spiro atoms. The zero-order valence-corrected chi connectivity index (χ0v) is 11.0. The van der Waals surface area contributed by atoms with Crippen LogP contribution in [-0.4, -0.2) is 19.7 Å². The van der Waals surface area contributed by atoms with Crippen molar-refractivity contribution in [3.63, 3.8) is 0 Å². The van der Waals surface area contributed by atoms with Crippen molar-refractivity contribution in [2.24, 2.45) is 0 Å². The van der Waals surface area contributed by atoms with Gasteiger partial charge in [-0.3, -0.25) is 4.68 Å². The van der Waals surface area contributed by atoms with Gasteiger partial charge in [-0.25, -0.2) is 9.97 Å². The predicted molar refractivity (Wildman–Crippen MR) is 67.8 cm³/mol. The van der Waals surface area contributed by atoms with Gasteiger partial charge in [0.2, 0.25) is 0 Å². The highest BCUT2D eigenvalue weighted by molar-refractivity contribution is 5.55. The van der Waals surface area contributed by atoms with E-state index in [1.807, 2.05) is 24.0 Å². The van der Waals surface area contributed by atoms with Crippen molar-refractivity contribution >= 4 is 0 Å². The van der Waals surface area contributed by atoms with Gasteiger partial charge in [0, 0.05) is 29.7 Å². The van der Waals surface area contributed by atoms with Crippen LogP contribution in [0.4, 0.5) is 0 Å². The second-order valence-electron chi connectivity index (χ2n) is 4.68. The van der Waals surface area contributed by atoms with E-state index in [0.29, 0.717) is 11.9 Å². The van der Waals surface area contributed by atoms with E-state index in [1.54, 1.807) is 0 Å². The van der Waals surface area contributed by atoms with Crippen molar-refractivity contribution in [3.05, 3.63) is 29.2 Å². The Hall–Kier alpha value is -1.71. The van der Waals surface area contributed by atoms with Gasteiger partial charge < -0.3 is 0 Å². The molecule has 17 heavy (non-hydrogen) atoms. The zero-order chi connectivity index (χ0) is 12.6. The molecular formula is C13H18N4. The first-order chi connectivity index (χ1) is 8.00. The Bertz CT molecular complexity index is 523. The lowest BCUT2D eigenvalue weighted by Gasteiger charge is -2.07. The van der Waals surface area contributed by atoms with Gasteiger partial charge in [0.1, 0.15) is 5.69 Å². The minimum Gasteiger partial charge on any atom is -0.266 e. The molecule has 0 aromatic carbocycles. The third-order valence-corrected chi connectivity index (χ3v) is 2.93. The summed E-state index contributed by atoms with van der Waals surface area (Å²) in [4.78, 5) is 8.67. The Kier molecular flexibility index (Phi) is 2.96. The molecule has 0 amide bonds. The highest BCUT2D eigenvalue weighted by Gasteiger charge is 2.15. The maximum absolute atomic E-state index is 4.60. The lowest BCUT2D eigenvalue weighted by Crippen LogP contribution is -2.05. The van der Waals surface area contributed by atoms with E-state index in [-0.39, 0.29) is 0 Å². The first-order valence-corrected chi connectivity index (χ1v) is 5.85. The fourth-order valence-electron chi connectivity index (χ4n) is 1.83. The number of aryl methyl sites for hydroxylation is 1. The van der Waals surface area contributed by atoms with Gasteiger partial charge in [0.15, 0.2) is 5.82 Å². The second kappa shape index (κ2) is 4.28. The zero-order valence-electron chi connectivity index (χ0n) is 11.0. The molecule has 0 N–H and O–H groups in total. The number of hydrogen-bond donors (Lipinski definition) is 0. The summed E-state index contributed by atoms with van der Waals surface area (Å²) in [6.07, 6.45) is 3.65. The number of aromatic nitrogens is 4. The molecule has 0 aliphatic rings. The summed E-state index contributed by atoms with van der Waals surface area (Å²) in [6, 6.07) is 0.355. The van der Waals surface area contributed by atoms with Crippen molar-refractivity contribution in [3.8, 4) is 11.5 Å². The predicted octanol–water partition coefficient (Wildman–Crippen LogP) is 2.85. The summed E-state index contributed by atoms with van der Waals surface area (Å²) in [5.41, 5.74) is 4.28. The summed E-state index contributed by atoms with van der Waals surface area (Å²) in [7, 11) is 0. The highest BCUT2D eigenvalue weighted by Crippen LogP contribution is 2.23. The van der Waals surface area contributed by atoms with Gasteiger partial charge in [-0.15, -0.1) is 0 Å². The van der Waals surface area contributed by atoms with Gasteiger partial charge in [-0.2, -0.15) is 5.10 Å². The third-order valence-electron chi connectivity index (χ3n) is 2.93. The molecule has 0 saturated heterocycles. The standard InChI is InChI=1S/C13H18N4/c1-8(2)17-11(5)10(4)12(16-17)13-14-6-9(3)7-15-13/h6-8H,1-5H3. The van der Waals surface area contributed by atoms with Gasteiger partial charge in [-0.1, -0.05) is 0 Å². The molecule has 0 radical (unpaired) electrons. The fraction of sp³-hybridized carbons (Fsp3) is 0.462. The monoisotopic (exact) mass is 230 g/mol. The fourth-order valence-corrected chi connectivity index (χ4v) is 1.83. The Morgan fingerprint density at radius 3 is 2.12 bits per heavy atom. The quantitative estimate of drug-likeness (QED) is 0.796. The molecule has 0 bridgehead atoms. The van der Waals surface area contributed by atoms with E-state index in [4.69, 9.17) is 0 Å². The average Bonchev–Trinajstić information content (AvgIpc) is 2.58. The van der Waals surface area contributed by atoms with E-state index in [9.17, 15) is 0 Å². The molecule has 0 atom stereocenters. The number of nitrogens with zero attached hydrogens (tertiary/aromatic N) is 4. The van der Waals surface area contributed by atoms with E-state index in [0.717, 1.165) is 16.8 Å². The van der Waals surface area contributed by atoms with Crippen LogP contribution >= 0.6 is 0 Å². The lowest BCUT2D eigenvalue weighted by atomic mass is 10.2. The molecular weight excluding hydrogens is 212 g/mol. The number of rotatable bonds is 2. The van der Waals surface area contributed by atoms with Crippen LogP contribution in [0.1, 0.15) is 36.7 Å². The SMILES string of the molecule is Cc1cnc(-c2nn(C(C)C)c(C)c2C)nc1. The smallest absolute Gasteiger partial charge is 0.180 e. The Morgan fingerprint density at radius 1 is 1.06 bits per heavy atom. The normalized spacial score (nSPS) is 11.2. The van der Waals surface area contributed by atoms with Gasteiger partial charge >= 0.3 is 0 Å². The highest BCUT2D eigenvalue weighted by atomic mass is 15.3. The van der Waals surface area contributed by atoms with E-state index >= 15 is 0 Å². The molecule has 0 saturated carbocycles. The van der Waals surface area contributed by atoms with Crippen molar-refractivity contribution in [2.75, 3.05) is 0 Å². The molecule has 0 unspecified atom stereocenters. The Morgan fingerprint density at radius 2 is 1.65 bits per heavy atom. The van der Waals surface area contributed by atoms with E-state index in [2.05, 4.69) is 42.8 Å². The maximum Gasteiger partial charge on any atom is 0.180 e. The van der Waals surface area contributed by atoms with E-state index < -0.39 is 0 Å². The first-order valence-electron chi connectivity index (χ1n) is 5.85. The Balaban J connectivity index is 2.53. The lowest BCUT2D eigenvalue weighted by molar-refractivity contribution is 0.519. The summed E-state index contributed by atoms with van der Waals surface area (Å²) < 4.78 is 2.02. The summed E-state index contributed by atoms with van der Waals surface area (Å²) >= 11 is 0. The van der Waals surface area contributed by atoms with Gasteiger partial charge in [0.25, 0.3) is 0 Å².